The van der Waals surface area contributed by atoms with Gasteiger partial charge < -0.3 is 16.2 Å². The molecule has 1 aromatic carbocycles. The quantitative estimate of drug-likeness (QED) is 0.557. The SMILES string of the molecule is Nc1ccc(C(=O)Nc2ccc(F)cn2)cc1O. The second-order valence-electron chi connectivity index (χ2n) is 3.59. The Morgan fingerprint density at radius 1 is 1.33 bits per heavy atom. The lowest BCUT2D eigenvalue weighted by atomic mass is 10.2. The number of hydrogen-bond donors (Lipinski definition) is 3. The smallest absolute Gasteiger partial charge is 0.256 e. The van der Waals surface area contributed by atoms with Gasteiger partial charge in [-0.1, -0.05) is 0 Å². The summed E-state index contributed by atoms with van der Waals surface area (Å²) in [5.74, 6) is -0.907. The summed E-state index contributed by atoms with van der Waals surface area (Å²) >= 11 is 0. The monoisotopic (exact) mass is 247 g/mol. The molecule has 0 aliphatic heterocycles. The van der Waals surface area contributed by atoms with E-state index >= 15 is 0 Å². The van der Waals surface area contributed by atoms with Gasteiger partial charge in [-0.2, -0.15) is 0 Å². The normalized spacial score (nSPS) is 10.1. The summed E-state index contributed by atoms with van der Waals surface area (Å²) in [4.78, 5) is 15.5. The molecule has 0 unspecified atom stereocenters. The highest BCUT2D eigenvalue weighted by Crippen LogP contribution is 2.21. The van der Waals surface area contributed by atoms with Gasteiger partial charge in [0.1, 0.15) is 17.4 Å². The van der Waals surface area contributed by atoms with Crippen LogP contribution in [0.25, 0.3) is 0 Å². The van der Waals surface area contributed by atoms with Crippen LogP contribution in [-0.2, 0) is 0 Å². The summed E-state index contributed by atoms with van der Waals surface area (Å²) in [5.41, 5.74) is 5.84. The van der Waals surface area contributed by atoms with Crippen LogP contribution in [0.5, 0.6) is 5.75 Å². The van der Waals surface area contributed by atoms with Gasteiger partial charge in [0.05, 0.1) is 11.9 Å². The molecule has 0 saturated heterocycles. The number of halogens is 1. The summed E-state index contributed by atoms with van der Waals surface area (Å²) in [6.07, 6.45) is 0.996. The molecule has 92 valence electrons. The van der Waals surface area contributed by atoms with Gasteiger partial charge in [0.15, 0.2) is 0 Å². The van der Waals surface area contributed by atoms with Crippen LogP contribution in [0, 0.1) is 5.82 Å². The Bertz CT molecular complexity index is 584. The molecular formula is C12H10FN3O2. The third-order valence-corrected chi connectivity index (χ3v) is 2.26. The number of pyridine rings is 1. The largest absolute Gasteiger partial charge is 0.506 e. The Kier molecular flexibility index (Phi) is 3.09. The van der Waals surface area contributed by atoms with Crippen LogP contribution in [0.15, 0.2) is 36.5 Å². The number of phenolic OH excluding ortho intramolecular Hbond substituents is 1. The molecule has 0 aliphatic rings. The molecule has 18 heavy (non-hydrogen) atoms. The van der Waals surface area contributed by atoms with Crippen LogP contribution in [0.1, 0.15) is 10.4 Å². The zero-order valence-corrected chi connectivity index (χ0v) is 9.22. The first kappa shape index (κ1) is 11.8. The number of amides is 1. The van der Waals surface area contributed by atoms with E-state index in [1.165, 1.54) is 30.3 Å². The molecule has 0 aliphatic carbocycles. The lowest BCUT2D eigenvalue weighted by Crippen LogP contribution is -2.12. The van der Waals surface area contributed by atoms with Crippen molar-refractivity contribution in [3.63, 3.8) is 0 Å². The number of nitrogen functional groups attached to an aromatic ring is 1. The molecule has 0 fully saturated rings. The van der Waals surface area contributed by atoms with Crippen molar-refractivity contribution >= 4 is 17.4 Å². The summed E-state index contributed by atoms with van der Waals surface area (Å²) < 4.78 is 12.6. The van der Waals surface area contributed by atoms with Crippen molar-refractivity contribution in [2.24, 2.45) is 0 Å². The number of aromatic hydroxyl groups is 1. The molecule has 0 saturated carbocycles. The lowest BCUT2D eigenvalue weighted by Gasteiger charge is -2.05. The second-order valence-corrected chi connectivity index (χ2v) is 3.59. The average Bonchev–Trinajstić information content (AvgIpc) is 2.35. The van der Waals surface area contributed by atoms with Gasteiger partial charge in [0.25, 0.3) is 5.91 Å². The number of hydrogen-bond acceptors (Lipinski definition) is 4. The molecule has 1 amide bonds. The highest BCUT2D eigenvalue weighted by Gasteiger charge is 2.09. The summed E-state index contributed by atoms with van der Waals surface area (Å²) in [6, 6.07) is 6.65. The maximum atomic E-state index is 12.6. The van der Waals surface area contributed by atoms with Crippen molar-refractivity contribution in [3.05, 3.63) is 47.9 Å². The van der Waals surface area contributed by atoms with Gasteiger partial charge in [0, 0.05) is 5.56 Å². The van der Waals surface area contributed by atoms with E-state index in [1.54, 1.807) is 0 Å². The Morgan fingerprint density at radius 2 is 2.11 bits per heavy atom. The van der Waals surface area contributed by atoms with E-state index in [9.17, 15) is 14.3 Å². The number of carbonyl (C=O) groups excluding carboxylic acids is 1. The molecule has 1 aromatic heterocycles. The van der Waals surface area contributed by atoms with Crippen LogP contribution in [0.3, 0.4) is 0 Å². The topological polar surface area (TPSA) is 88.2 Å². The van der Waals surface area contributed by atoms with E-state index in [0.29, 0.717) is 0 Å². The van der Waals surface area contributed by atoms with E-state index < -0.39 is 11.7 Å². The van der Waals surface area contributed by atoms with Crippen molar-refractivity contribution in [3.8, 4) is 5.75 Å². The van der Waals surface area contributed by atoms with Crippen LogP contribution < -0.4 is 11.1 Å². The number of anilines is 2. The number of aromatic nitrogens is 1. The lowest BCUT2D eigenvalue weighted by molar-refractivity contribution is 0.102. The molecule has 2 rings (SSSR count). The predicted molar refractivity (Wildman–Crippen MR) is 64.7 cm³/mol. The number of rotatable bonds is 2. The summed E-state index contributed by atoms with van der Waals surface area (Å²) in [6.45, 7) is 0. The minimum atomic E-state index is -0.488. The molecule has 1 heterocycles. The van der Waals surface area contributed by atoms with Crippen molar-refractivity contribution in [2.45, 2.75) is 0 Å². The standard InChI is InChI=1S/C12H10FN3O2/c13-8-2-4-11(15-6-8)16-12(18)7-1-3-9(14)10(17)5-7/h1-6,17H,14H2,(H,15,16,18). The van der Waals surface area contributed by atoms with E-state index in [1.807, 2.05) is 0 Å². The summed E-state index contributed by atoms with van der Waals surface area (Å²) in [5, 5.41) is 11.8. The minimum absolute atomic E-state index is 0.172. The van der Waals surface area contributed by atoms with E-state index in [0.717, 1.165) is 6.20 Å². The van der Waals surface area contributed by atoms with Crippen LogP contribution in [0.2, 0.25) is 0 Å². The van der Waals surface area contributed by atoms with Crippen LogP contribution >= 0.6 is 0 Å². The average molecular weight is 247 g/mol. The first-order chi connectivity index (χ1) is 8.56. The first-order valence-electron chi connectivity index (χ1n) is 5.07. The van der Waals surface area contributed by atoms with Crippen molar-refractivity contribution in [1.29, 1.82) is 0 Å². The fraction of sp³-hybridized carbons (Fsp3) is 0. The molecule has 2 aromatic rings. The Hall–Kier alpha value is -2.63. The van der Waals surface area contributed by atoms with E-state index in [-0.39, 0.29) is 22.8 Å². The zero-order chi connectivity index (χ0) is 13.1. The maximum Gasteiger partial charge on any atom is 0.256 e. The molecule has 4 N–H and O–H groups in total. The molecule has 5 nitrogen and oxygen atoms in total. The Labute approximate surface area is 102 Å². The number of nitrogens with two attached hydrogens (primary N) is 1. The van der Waals surface area contributed by atoms with Gasteiger partial charge in [-0.25, -0.2) is 9.37 Å². The van der Waals surface area contributed by atoms with Crippen LogP contribution in [0.4, 0.5) is 15.9 Å². The third-order valence-electron chi connectivity index (χ3n) is 2.26. The fourth-order valence-electron chi connectivity index (χ4n) is 1.32. The number of nitrogens with zero attached hydrogens (tertiary/aromatic N) is 1. The van der Waals surface area contributed by atoms with Gasteiger partial charge in [-0.3, -0.25) is 4.79 Å². The molecule has 0 radical (unpaired) electrons. The highest BCUT2D eigenvalue weighted by molar-refractivity contribution is 6.04. The first-order valence-corrected chi connectivity index (χ1v) is 5.07. The fourth-order valence-corrected chi connectivity index (χ4v) is 1.32. The van der Waals surface area contributed by atoms with E-state index in [4.69, 9.17) is 5.73 Å². The molecule has 0 spiro atoms. The minimum Gasteiger partial charge on any atom is -0.506 e. The zero-order valence-electron chi connectivity index (χ0n) is 9.22. The van der Waals surface area contributed by atoms with Gasteiger partial charge in [-0.15, -0.1) is 0 Å². The van der Waals surface area contributed by atoms with Gasteiger partial charge in [0.2, 0.25) is 0 Å². The van der Waals surface area contributed by atoms with Crippen molar-refractivity contribution < 1.29 is 14.3 Å². The number of phenols is 1. The Balaban J connectivity index is 2.16. The molecule has 0 atom stereocenters. The van der Waals surface area contributed by atoms with Crippen molar-refractivity contribution in [1.82, 2.24) is 4.98 Å². The number of nitrogens with one attached hydrogen (secondary N) is 1. The maximum absolute atomic E-state index is 12.6. The van der Waals surface area contributed by atoms with Crippen LogP contribution in [-0.4, -0.2) is 16.0 Å². The van der Waals surface area contributed by atoms with Crippen molar-refractivity contribution in [2.75, 3.05) is 11.1 Å². The van der Waals surface area contributed by atoms with Gasteiger partial charge in [-0.05, 0) is 30.3 Å². The molecule has 6 heteroatoms. The van der Waals surface area contributed by atoms with E-state index in [2.05, 4.69) is 10.3 Å². The predicted octanol–water partition coefficient (Wildman–Crippen LogP) is 1.76. The summed E-state index contributed by atoms with van der Waals surface area (Å²) in [7, 11) is 0. The number of benzene rings is 1. The van der Waals surface area contributed by atoms with Gasteiger partial charge >= 0.3 is 0 Å². The number of carbonyl (C=O) groups is 1. The molecule has 0 bridgehead atoms. The highest BCUT2D eigenvalue weighted by atomic mass is 19.1. The molecular weight excluding hydrogens is 237 g/mol. The third kappa shape index (κ3) is 2.54. The second kappa shape index (κ2) is 4.70. The Morgan fingerprint density at radius 3 is 2.72 bits per heavy atom.